The minimum absolute atomic E-state index is 0.0947. The molecule has 164 valence electrons. The standard InChI is InChI=1S/C19H20N4O6S2/c1-4-23-17(25)16(30-18(23)15(10-20)19(26)29-5-2)11-21-13-6-8-14(9-7-13)31(27,28)22-12(3)24/h6-9,11,21H,4-5H2,1-3H3,(H,22,24)/b16-11+,18-15+. The monoisotopic (exact) mass is 464 g/mol. The smallest absolute Gasteiger partial charge is 0.351 e. The van der Waals surface area contributed by atoms with Crippen LogP contribution in [0.3, 0.4) is 0 Å². The number of nitrogens with zero attached hydrogens (tertiary/aromatic N) is 2. The van der Waals surface area contributed by atoms with E-state index in [1.54, 1.807) is 19.9 Å². The largest absolute Gasteiger partial charge is 0.462 e. The van der Waals surface area contributed by atoms with Gasteiger partial charge in [-0.05, 0) is 38.1 Å². The number of hydrogen-bond donors (Lipinski definition) is 2. The highest BCUT2D eigenvalue weighted by atomic mass is 32.2. The second kappa shape index (κ2) is 10.1. The molecule has 0 aliphatic rings. The minimum atomic E-state index is -3.95. The van der Waals surface area contributed by atoms with E-state index in [0.29, 0.717) is 5.69 Å². The third-order valence-corrected chi connectivity index (χ3v) is 6.42. The lowest BCUT2D eigenvalue weighted by atomic mass is 10.3. The van der Waals surface area contributed by atoms with Crippen LogP contribution in [0.4, 0.5) is 5.69 Å². The number of rotatable bonds is 7. The number of esters is 1. The highest BCUT2D eigenvalue weighted by Crippen LogP contribution is 2.13. The number of amides is 1. The fourth-order valence-corrected chi connectivity index (χ4v) is 4.57. The molecule has 0 unspecified atom stereocenters. The van der Waals surface area contributed by atoms with Gasteiger partial charge in [-0.1, -0.05) is 0 Å². The van der Waals surface area contributed by atoms with Crippen molar-refractivity contribution < 1.29 is 22.7 Å². The third kappa shape index (κ3) is 5.59. The van der Waals surface area contributed by atoms with Crippen LogP contribution in [-0.4, -0.2) is 31.5 Å². The molecule has 0 saturated carbocycles. The summed E-state index contributed by atoms with van der Waals surface area (Å²) < 4.78 is 32.4. The van der Waals surface area contributed by atoms with Gasteiger partial charge in [-0.3, -0.25) is 14.2 Å². The second-order valence-electron chi connectivity index (χ2n) is 6.00. The van der Waals surface area contributed by atoms with Crippen LogP contribution in [0.15, 0.2) is 34.0 Å². The first-order chi connectivity index (χ1) is 14.6. The van der Waals surface area contributed by atoms with Crippen molar-refractivity contribution in [3.63, 3.8) is 0 Å². The average molecular weight is 465 g/mol. The lowest BCUT2D eigenvalue weighted by Gasteiger charge is -2.05. The predicted octanol–water partition coefficient (Wildman–Crippen LogP) is -0.158. The Labute approximate surface area is 182 Å². The van der Waals surface area contributed by atoms with E-state index in [4.69, 9.17) is 4.74 Å². The van der Waals surface area contributed by atoms with Crippen molar-refractivity contribution in [2.45, 2.75) is 32.2 Å². The zero-order valence-corrected chi connectivity index (χ0v) is 18.6. The van der Waals surface area contributed by atoms with E-state index in [1.165, 1.54) is 35.0 Å². The molecule has 2 rings (SSSR count). The van der Waals surface area contributed by atoms with Crippen molar-refractivity contribution in [1.29, 1.82) is 5.26 Å². The van der Waals surface area contributed by atoms with Gasteiger partial charge in [-0.25, -0.2) is 17.9 Å². The number of carbonyl (C=O) groups excluding carboxylic acids is 2. The van der Waals surface area contributed by atoms with Crippen LogP contribution in [0.5, 0.6) is 0 Å². The summed E-state index contributed by atoms with van der Waals surface area (Å²) in [5, 5.41) is 12.2. The van der Waals surface area contributed by atoms with Crippen LogP contribution in [0.25, 0.3) is 11.8 Å². The molecule has 2 aromatic rings. The topological polar surface area (TPSA) is 147 Å². The molecule has 1 amide bonds. The molecule has 12 heteroatoms. The molecule has 10 nitrogen and oxygen atoms in total. The van der Waals surface area contributed by atoms with Crippen molar-refractivity contribution in [1.82, 2.24) is 9.29 Å². The number of sulfonamides is 1. The van der Waals surface area contributed by atoms with E-state index < -0.39 is 27.5 Å². The van der Waals surface area contributed by atoms with Crippen molar-refractivity contribution >= 4 is 50.7 Å². The van der Waals surface area contributed by atoms with E-state index in [-0.39, 0.29) is 32.8 Å². The molecule has 1 aromatic heterocycles. The number of benzene rings is 1. The van der Waals surface area contributed by atoms with Gasteiger partial charge in [0.25, 0.3) is 15.6 Å². The summed E-state index contributed by atoms with van der Waals surface area (Å²) in [5.41, 5.74) is -0.163. The van der Waals surface area contributed by atoms with Crippen LogP contribution in [0.2, 0.25) is 0 Å². The fraction of sp³-hybridized carbons (Fsp3) is 0.263. The molecule has 31 heavy (non-hydrogen) atoms. The van der Waals surface area contributed by atoms with E-state index in [9.17, 15) is 28.1 Å². The van der Waals surface area contributed by atoms with Crippen molar-refractivity contribution in [3.8, 4) is 6.07 Å². The summed E-state index contributed by atoms with van der Waals surface area (Å²) in [7, 11) is -3.95. The van der Waals surface area contributed by atoms with Gasteiger partial charge < -0.3 is 10.1 Å². The SMILES string of the molecule is CCOC(=O)/C(C#N)=c1/s/c(=C/Nc2ccc(S(=O)(=O)NC(C)=O)cc2)c(=O)n1CC. The molecule has 0 bridgehead atoms. The van der Waals surface area contributed by atoms with Crippen LogP contribution < -0.4 is 24.8 Å². The summed E-state index contributed by atoms with van der Waals surface area (Å²) >= 11 is 0.960. The van der Waals surface area contributed by atoms with E-state index in [1.807, 2.05) is 4.72 Å². The summed E-state index contributed by atoms with van der Waals surface area (Å²) in [5.74, 6) is -1.50. The fourth-order valence-electron chi connectivity index (χ4n) is 2.50. The molecule has 0 radical (unpaired) electrons. The molecule has 1 heterocycles. The van der Waals surface area contributed by atoms with Gasteiger partial charge in [0.1, 0.15) is 15.3 Å². The van der Waals surface area contributed by atoms with Crippen molar-refractivity contribution in [2.75, 3.05) is 11.9 Å². The molecular weight excluding hydrogens is 444 g/mol. The average Bonchev–Trinajstić information content (AvgIpc) is 3.01. The number of thiazole rings is 1. The van der Waals surface area contributed by atoms with Gasteiger partial charge in [-0.2, -0.15) is 5.26 Å². The molecular formula is C19H20N4O6S2. The molecule has 0 atom stereocenters. The molecule has 1 aromatic carbocycles. The number of nitriles is 1. The molecule has 2 N–H and O–H groups in total. The summed E-state index contributed by atoms with van der Waals surface area (Å²) in [6.07, 6.45) is 1.40. The molecule has 0 aliphatic heterocycles. The summed E-state index contributed by atoms with van der Waals surface area (Å²) in [4.78, 5) is 35.6. The van der Waals surface area contributed by atoms with Crippen LogP contribution in [-0.2, 0) is 30.9 Å². The van der Waals surface area contributed by atoms with Crippen LogP contribution in [0, 0.1) is 11.3 Å². The van der Waals surface area contributed by atoms with E-state index >= 15 is 0 Å². The van der Waals surface area contributed by atoms with Crippen LogP contribution >= 0.6 is 11.3 Å². The maximum absolute atomic E-state index is 12.6. The predicted molar refractivity (Wildman–Crippen MR) is 115 cm³/mol. The van der Waals surface area contributed by atoms with Crippen LogP contribution in [0.1, 0.15) is 20.8 Å². The maximum atomic E-state index is 12.6. The van der Waals surface area contributed by atoms with Gasteiger partial charge in [-0.15, -0.1) is 11.3 Å². The van der Waals surface area contributed by atoms with Gasteiger partial charge in [0, 0.05) is 25.4 Å². The number of anilines is 1. The lowest BCUT2D eigenvalue weighted by Crippen LogP contribution is -2.32. The number of nitrogens with one attached hydrogen (secondary N) is 2. The Kier molecular flexibility index (Phi) is 7.73. The Hall–Kier alpha value is -3.43. The minimum Gasteiger partial charge on any atom is -0.462 e. The van der Waals surface area contributed by atoms with Crippen molar-refractivity contribution in [2.24, 2.45) is 0 Å². The maximum Gasteiger partial charge on any atom is 0.351 e. The quantitative estimate of drug-likeness (QED) is 0.537. The normalized spacial score (nSPS) is 12.6. The number of hydrogen-bond acceptors (Lipinski definition) is 9. The zero-order valence-electron chi connectivity index (χ0n) is 17.0. The van der Waals surface area contributed by atoms with Gasteiger partial charge >= 0.3 is 5.97 Å². The number of aromatic nitrogens is 1. The summed E-state index contributed by atoms with van der Waals surface area (Å²) in [6, 6.07) is 7.32. The van der Waals surface area contributed by atoms with Gasteiger partial charge in [0.15, 0.2) is 5.57 Å². The van der Waals surface area contributed by atoms with Gasteiger partial charge in [0.05, 0.1) is 11.5 Å². The molecule has 0 spiro atoms. The van der Waals surface area contributed by atoms with E-state index in [0.717, 1.165) is 18.3 Å². The Morgan fingerprint density at radius 2 is 1.90 bits per heavy atom. The first-order valence-corrected chi connectivity index (χ1v) is 11.4. The van der Waals surface area contributed by atoms with Gasteiger partial charge in [0.2, 0.25) is 5.91 Å². The second-order valence-corrected chi connectivity index (χ2v) is 8.72. The first kappa shape index (κ1) is 23.8. The highest BCUT2D eigenvalue weighted by Gasteiger charge is 2.17. The Bertz CT molecular complexity index is 1320. The first-order valence-electron chi connectivity index (χ1n) is 9.05. The number of ether oxygens (including phenoxy) is 1. The zero-order chi connectivity index (χ0) is 23.2. The third-order valence-electron chi connectivity index (χ3n) is 3.84. The number of carbonyl (C=O) groups is 2. The van der Waals surface area contributed by atoms with Crippen molar-refractivity contribution in [3.05, 3.63) is 43.8 Å². The molecule has 0 aliphatic carbocycles. The Morgan fingerprint density at radius 1 is 1.26 bits per heavy atom. The molecule has 0 fully saturated rings. The Morgan fingerprint density at radius 3 is 2.42 bits per heavy atom. The Balaban J connectivity index is 2.43. The lowest BCUT2D eigenvalue weighted by molar-refractivity contribution is -0.136. The highest BCUT2D eigenvalue weighted by molar-refractivity contribution is 7.90. The summed E-state index contributed by atoms with van der Waals surface area (Å²) in [6.45, 7) is 4.77. The molecule has 0 saturated heterocycles. The van der Waals surface area contributed by atoms with E-state index in [2.05, 4.69) is 5.32 Å².